The Balaban J connectivity index is 1.71. The fraction of sp³-hybridized carbons (Fsp3) is 0.588. The van der Waals surface area contributed by atoms with Crippen molar-refractivity contribution in [1.29, 1.82) is 0 Å². The summed E-state index contributed by atoms with van der Waals surface area (Å²) >= 11 is 0. The third kappa shape index (κ3) is 3.14. The van der Waals surface area contributed by atoms with Crippen molar-refractivity contribution in [2.24, 2.45) is 5.92 Å². The predicted octanol–water partition coefficient (Wildman–Crippen LogP) is 1.50. The Kier molecular flexibility index (Phi) is 4.82. The number of nitro groups is 1. The number of nitrogens with zero attached hydrogens (tertiary/aromatic N) is 2. The zero-order valence-corrected chi connectivity index (χ0v) is 14.0. The minimum atomic E-state index is -0.542. The molecule has 0 bridgehead atoms. The van der Waals surface area contributed by atoms with E-state index < -0.39 is 12.1 Å². The molecule has 2 fully saturated rings. The molecule has 1 aliphatic carbocycles. The number of hydrazine groups is 1. The third-order valence-corrected chi connectivity index (χ3v) is 5.50. The van der Waals surface area contributed by atoms with E-state index in [0.717, 1.165) is 12.0 Å². The first-order chi connectivity index (χ1) is 11.5. The van der Waals surface area contributed by atoms with Crippen molar-refractivity contribution in [3.8, 4) is 0 Å². The smallest absolute Gasteiger partial charge is 0.241 e. The van der Waals surface area contributed by atoms with Crippen LogP contribution < -0.4 is 10.9 Å². The highest BCUT2D eigenvalue weighted by Gasteiger charge is 2.47. The van der Waals surface area contributed by atoms with Crippen LogP contribution in [0.1, 0.15) is 37.8 Å². The van der Waals surface area contributed by atoms with E-state index in [1.54, 1.807) is 11.9 Å². The molecule has 7 nitrogen and oxygen atoms in total. The number of rotatable bonds is 4. The van der Waals surface area contributed by atoms with Crippen LogP contribution in [0.5, 0.6) is 0 Å². The molecular weight excluding hydrogens is 308 g/mol. The number of amides is 1. The number of carbonyl (C=O) groups excluding carboxylic acids is 1. The summed E-state index contributed by atoms with van der Waals surface area (Å²) in [5.41, 5.74) is 7.32. The van der Waals surface area contributed by atoms with Gasteiger partial charge in [0, 0.05) is 36.8 Å². The van der Waals surface area contributed by atoms with Gasteiger partial charge in [0.2, 0.25) is 11.9 Å². The van der Waals surface area contributed by atoms with Crippen molar-refractivity contribution < 1.29 is 9.72 Å². The Bertz CT molecular complexity index is 609. The molecule has 1 aromatic rings. The zero-order valence-electron chi connectivity index (χ0n) is 14.0. The third-order valence-electron chi connectivity index (χ3n) is 5.50. The van der Waals surface area contributed by atoms with Crippen molar-refractivity contribution in [2.45, 2.75) is 50.4 Å². The van der Waals surface area contributed by atoms with Gasteiger partial charge in [-0.25, -0.2) is 5.43 Å². The minimum absolute atomic E-state index is 0.0182. The lowest BCUT2D eigenvalue weighted by molar-refractivity contribution is -0.528. The average Bonchev–Trinajstić information content (AvgIpc) is 3.03. The van der Waals surface area contributed by atoms with Crippen LogP contribution in [-0.4, -0.2) is 40.9 Å². The maximum Gasteiger partial charge on any atom is 0.241 e. The molecule has 5 unspecified atom stereocenters. The fourth-order valence-electron chi connectivity index (χ4n) is 3.84. The lowest BCUT2D eigenvalue weighted by Crippen LogP contribution is -2.48. The summed E-state index contributed by atoms with van der Waals surface area (Å²) in [4.78, 5) is 25.6. The Labute approximate surface area is 141 Å². The van der Waals surface area contributed by atoms with Crippen molar-refractivity contribution in [2.75, 3.05) is 7.05 Å². The van der Waals surface area contributed by atoms with Crippen LogP contribution in [0.3, 0.4) is 0 Å². The van der Waals surface area contributed by atoms with E-state index in [9.17, 15) is 14.9 Å². The normalized spacial score (nSPS) is 30.4. The molecule has 1 aliphatic heterocycles. The first-order valence-electron chi connectivity index (χ1n) is 8.45. The molecule has 1 aromatic carbocycles. The van der Waals surface area contributed by atoms with E-state index in [1.165, 1.54) is 0 Å². The van der Waals surface area contributed by atoms with Crippen LogP contribution in [0.15, 0.2) is 30.3 Å². The van der Waals surface area contributed by atoms with Gasteiger partial charge in [0.05, 0.1) is 6.04 Å². The molecule has 1 heterocycles. The molecule has 2 aliphatic rings. The summed E-state index contributed by atoms with van der Waals surface area (Å²) in [6.45, 7) is 1.99. The second kappa shape index (κ2) is 6.86. The van der Waals surface area contributed by atoms with Crippen LogP contribution in [0.2, 0.25) is 0 Å². The molecule has 3 rings (SSSR count). The standard InChI is InChI=1S/C17H24N4O3/c1-11(12-6-4-3-5-7-12)20(2)17(22)16-14-10-13(21(23)24)8-9-15(14)18-19-16/h3-7,11,13-16,18-19H,8-10H2,1-2H3. The van der Waals surface area contributed by atoms with Crippen molar-refractivity contribution >= 4 is 5.91 Å². The minimum Gasteiger partial charge on any atom is -0.338 e. The molecule has 7 heteroatoms. The molecule has 0 radical (unpaired) electrons. The fourth-order valence-corrected chi connectivity index (χ4v) is 3.84. The Morgan fingerprint density at radius 1 is 1.29 bits per heavy atom. The van der Waals surface area contributed by atoms with Crippen LogP contribution in [0.25, 0.3) is 0 Å². The van der Waals surface area contributed by atoms with Gasteiger partial charge in [-0.15, -0.1) is 0 Å². The largest absolute Gasteiger partial charge is 0.338 e. The van der Waals surface area contributed by atoms with Crippen molar-refractivity contribution in [1.82, 2.24) is 15.8 Å². The lowest BCUT2D eigenvalue weighted by atomic mass is 9.79. The number of carbonyl (C=O) groups is 1. The number of likely N-dealkylation sites (N-methyl/N-ethyl adjacent to an activating group) is 1. The molecule has 130 valence electrons. The van der Waals surface area contributed by atoms with E-state index >= 15 is 0 Å². The number of nitrogens with one attached hydrogen (secondary N) is 2. The second-order valence-corrected chi connectivity index (χ2v) is 6.82. The van der Waals surface area contributed by atoms with Crippen LogP contribution >= 0.6 is 0 Å². The van der Waals surface area contributed by atoms with Gasteiger partial charge in [0.25, 0.3) is 0 Å². The highest BCUT2D eigenvalue weighted by Crippen LogP contribution is 2.33. The summed E-state index contributed by atoms with van der Waals surface area (Å²) in [5.74, 6) is -0.0533. The van der Waals surface area contributed by atoms with E-state index in [4.69, 9.17) is 0 Å². The highest BCUT2D eigenvalue weighted by molar-refractivity contribution is 5.83. The monoisotopic (exact) mass is 332 g/mol. The van der Waals surface area contributed by atoms with Gasteiger partial charge in [-0.2, -0.15) is 0 Å². The Hall–Kier alpha value is -1.99. The highest BCUT2D eigenvalue weighted by atomic mass is 16.6. The SMILES string of the molecule is CC(c1ccccc1)N(C)C(=O)C1NNC2CCC([N+](=O)[O-])CC21. The van der Waals surface area contributed by atoms with Crippen molar-refractivity contribution in [3.05, 3.63) is 46.0 Å². The molecule has 1 amide bonds. The van der Waals surface area contributed by atoms with Crippen molar-refractivity contribution in [3.63, 3.8) is 0 Å². The number of fused-ring (bicyclic) bond motifs is 1. The maximum absolute atomic E-state index is 12.9. The first-order valence-corrected chi connectivity index (χ1v) is 8.45. The average molecular weight is 332 g/mol. The van der Waals surface area contributed by atoms with Gasteiger partial charge < -0.3 is 4.90 Å². The lowest BCUT2D eigenvalue weighted by Gasteiger charge is -2.32. The van der Waals surface area contributed by atoms with E-state index in [-0.39, 0.29) is 28.8 Å². The van der Waals surface area contributed by atoms with E-state index in [1.807, 2.05) is 37.3 Å². The van der Waals surface area contributed by atoms with Gasteiger partial charge in [0.15, 0.2) is 0 Å². The molecule has 1 saturated heterocycles. The number of hydrogen-bond donors (Lipinski definition) is 2. The Morgan fingerprint density at radius 2 is 2.00 bits per heavy atom. The molecule has 0 spiro atoms. The zero-order chi connectivity index (χ0) is 17.3. The van der Waals surface area contributed by atoms with Gasteiger partial charge in [-0.3, -0.25) is 20.3 Å². The molecular formula is C17H24N4O3. The van der Waals surface area contributed by atoms with Gasteiger partial charge in [-0.05, 0) is 18.9 Å². The number of hydrogen-bond acceptors (Lipinski definition) is 5. The molecule has 24 heavy (non-hydrogen) atoms. The maximum atomic E-state index is 12.9. The summed E-state index contributed by atoms with van der Waals surface area (Å²) in [6, 6.07) is 9.00. The number of benzene rings is 1. The molecule has 0 aromatic heterocycles. The Morgan fingerprint density at radius 3 is 2.67 bits per heavy atom. The molecule has 2 N–H and O–H groups in total. The van der Waals surface area contributed by atoms with Crippen LogP contribution in [0, 0.1) is 16.0 Å². The summed E-state index contributed by atoms with van der Waals surface area (Å²) < 4.78 is 0. The van der Waals surface area contributed by atoms with Crippen LogP contribution in [0.4, 0.5) is 0 Å². The van der Waals surface area contributed by atoms with Gasteiger partial charge in [0.1, 0.15) is 6.04 Å². The van der Waals surface area contributed by atoms with E-state index in [0.29, 0.717) is 12.8 Å². The summed E-state index contributed by atoms with van der Waals surface area (Å²) in [5, 5.41) is 11.1. The summed E-state index contributed by atoms with van der Waals surface area (Å²) in [6.07, 6.45) is 1.74. The van der Waals surface area contributed by atoms with Gasteiger partial charge >= 0.3 is 0 Å². The molecule has 5 atom stereocenters. The predicted molar refractivity (Wildman–Crippen MR) is 89.6 cm³/mol. The summed E-state index contributed by atoms with van der Waals surface area (Å²) in [7, 11) is 1.79. The molecule has 1 saturated carbocycles. The first kappa shape index (κ1) is 16.9. The van der Waals surface area contributed by atoms with Crippen LogP contribution in [-0.2, 0) is 4.79 Å². The van der Waals surface area contributed by atoms with E-state index in [2.05, 4.69) is 10.9 Å². The topological polar surface area (TPSA) is 87.5 Å². The van der Waals surface area contributed by atoms with Gasteiger partial charge in [-0.1, -0.05) is 30.3 Å². The quantitative estimate of drug-likeness (QED) is 0.644. The second-order valence-electron chi connectivity index (χ2n) is 6.82.